The zero-order valence-corrected chi connectivity index (χ0v) is 25.3. The Balaban J connectivity index is 0. The lowest BCUT2D eigenvalue weighted by Crippen LogP contribution is -2.41. The Labute approximate surface area is 221 Å². The zero-order chi connectivity index (χ0) is 26.7. The maximum absolute atomic E-state index is 9.22. The smallest absolute Gasteiger partial charge is 0.217 e. The normalized spacial score (nSPS) is 11.9. The molecule has 0 aromatic rings. The van der Waals surface area contributed by atoms with E-state index in [9.17, 15) is 13.0 Å². The highest BCUT2D eigenvalue weighted by atomic mass is 32.3. The van der Waals surface area contributed by atoms with E-state index in [0.29, 0.717) is 0 Å². The van der Waals surface area contributed by atoms with Crippen LogP contribution in [0.4, 0.5) is 0 Å². The number of hydrogen-bond donors (Lipinski definition) is 0. The summed E-state index contributed by atoms with van der Waals surface area (Å²) in [5.74, 6) is 0. The molecular weight excluding hydrogens is 458 g/mol. The first-order chi connectivity index (χ1) is 16.7. The lowest BCUT2D eigenvalue weighted by atomic mass is 10.0. The summed E-state index contributed by atoms with van der Waals surface area (Å²) in [6, 6.07) is 0. The van der Waals surface area contributed by atoms with Gasteiger partial charge in [0.25, 0.3) is 0 Å². The molecule has 5 nitrogen and oxygen atoms in total. The molecule has 0 saturated carbocycles. The Bertz CT molecular complexity index is 509. The van der Waals surface area contributed by atoms with Crippen molar-refractivity contribution < 1.29 is 21.6 Å². The van der Waals surface area contributed by atoms with Crippen LogP contribution in [-0.4, -0.2) is 51.7 Å². The molecule has 0 amide bonds. The standard InChI is InChI=1S/C28H60N.CH4O4S/c1-5-7-9-11-12-13-14-15-16-17-18-19-20-21-22-23-24-26-28-29(3,4)27-25-10-8-6-2;1-5-6(2,3)4/h5-28H2,1-4H3;1H3,(H,2,3,4)/q+1;/p-1. The third kappa shape index (κ3) is 36.1. The fourth-order valence-corrected chi connectivity index (χ4v) is 4.52. The van der Waals surface area contributed by atoms with Crippen LogP contribution in [0.15, 0.2) is 0 Å². The van der Waals surface area contributed by atoms with Crippen LogP contribution in [-0.2, 0) is 14.6 Å². The van der Waals surface area contributed by atoms with Crippen LogP contribution in [0.1, 0.15) is 155 Å². The molecule has 6 heteroatoms. The largest absolute Gasteiger partial charge is 0.726 e. The molecule has 0 aliphatic rings. The molecule has 214 valence electrons. The van der Waals surface area contributed by atoms with E-state index in [1.807, 2.05) is 0 Å². The molecule has 0 spiro atoms. The van der Waals surface area contributed by atoms with Gasteiger partial charge >= 0.3 is 0 Å². The Hall–Kier alpha value is -0.170. The summed E-state index contributed by atoms with van der Waals surface area (Å²) in [4.78, 5) is 0. The van der Waals surface area contributed by atoms with Crippen molar-refractivity contribution >= 4 is 10.4 Å². The first-order valence-corrected chi connectivity index (χ1v) is 16.3. The molecule has 0 rings (SSSR count). The summed E-state index contributed by atoms with van der Waals surface area (Å²) in [5.41, 5.74) is 0. The van der Waals surface area contributed by atoms with E-state index in [0.717, 1.165) is 7.11 Å². The molecule has 35 heavy (non-hydrogen) atoms. The molecule has 0 saturated heterocycles. The SMILES string of the molecule is CCCCCCCCCCCCCCCCCCCC[N+](C)(C)CCCCCC.COS(=O)(=O)[O-]. The van der Waals surface area contributed by atoms with Gasteiger partial charge < -0.3 is 9.04 Å². The Kier molecular flexibility index (Phi) is 28.4. The van der Waals surface area contributed by atoms with Gasteiger partial charge in [-0.3, -0.25) is 4.18 Å². The lowest BCUT2D eigenvalue weighted by molar-refractivity contribution is -0.890. The highest BCUT2D eigenvalue weighted by Gasteiger charge is 2.13. The average molecular weight is 522 g/mol. The number of hydrogen-bond acceptors (Lipinski definition) is 4. The van der Waals surface area contributed by atoms with E-state index in [1.54, 1.807) is 0 Å². The molecule has 0 radical (unpaired) electrons. The third-order valence-corrected chi connectivity index (χ3v) is 7.35. The van der Waals surface area contributed by atoms with Gasteiger partial charge in [-0.15, -0.1) is 0 Å². The quantitative estimate of drug-likeness (QED) is 0.0521. The molecule has 0 bridgehead atoms. The highest BCUT2D eigenvalue weighted by Crippen LogP contribution is 2.15. The molecule has 0 heterocycles. The van der Waals surface area contributed by atoms with Gasteiger partial charge in [0.05, 0.1) is 34.3 Å². The lowest BCUT2D eigenvalue weighted by Gasteiger charge is -2.30. The predicted octanol–water partition coefficient (Wildman–Crippen LogP) is 8.78. The molecule has 0 N–H and O–H groups in total. The number of nitrogens with zero attached hydrogens (tertiary/aromatic N) is 1. The summed E-state index contributed by atoms with van der Waals surface area (Å²) in [5, 5.41) is 0. The summed E-state index contributed by atoms with van der Waals surface area (Å²) in [7, 11) is 1.26. The maximum atomic E-state index is 9.22. The topological polar surface area (TPSA) is 66.4 Å². The van der Waals surface area contributed by atoms with Crippen LogP contribution in [0.25, 0.3) is 0 Å². The van der Waals surface area contributed by atoms with Crippen molar-refractivity contribution in [2.45, 2.75) is 155 Å². The van der Waals surface area contributed by atoms with Crippen LogP contribution >= 0.6 is 0 Å². The van der Waals surface area contributed by atoms with Crippen molar-refractivity contribution in [3.63, 3.8) is 0 Å². The zero-order valence-electron chi connectivity index (χ0n) is 24.5. The molecule has 0 fully saturated rings. The van der Waals surface area contributed by atoms with Crippen LogP contribution < -0.4 is 0 Å². The van der Waals surface area contributed by atoms with Crippen molar-refractivity contribution in [1.82, 2.24) is 0 Å². The first-order valence-electron chi connectivity index (χ1n) is 15.0. The van der Waals surface area contributed by atoms with Crippen molar-refractivity contribution in [2.24, 2.45) is 0 Å². The molecular formula is C29H63NO4S. The highest BCUT2D eigenvalue weighted by molar-refractivity contribution is 7.80. The van der Waals surface area contributed by atoms with E-state index in [4.69, 9.17) is 0 Å². The number of unbranched alkanes of at least 4 members (excludes halogenated alkanes) is 20. The fourth-order valence-electron chi connectivity index (χ4n) is 4.52. The van der Waals surface area contributed by atoms with Gasteiger partial charge in [0, 0.05) is 0 Å². The summed E-state index contributed by atoms with van der Waals surface area (Å²) < 4.78 is 32.3. The Morgan fingerprint density at radius 2 is 0.714 bits per heavy atom. The molecule has 0 aromatic heterocycles. The minimum absolute atomic E-state index is 0.808. The molecule has 0 unspecified atom stereocenters. The van der Waals surface area contributed by atoms with Crippen LogP contribution in [0.3, 0.4) is 0 Å². The fraction of sp³-hybridized carbons (Fsp3) is 1.00. The second kappa shape index (κ2) is 26.9. The Morgan fingerprint density at radius 3 is 0.943 bits per heavy atom. The van der Waals surface area contributed by atoms with Crippen molar-refractivity contribution in [2.75, 3.05) is 34.3 Å². The van der Waals surface area contributed by atoms with Gasteiger partial charge in [-0.05, 0) is 25.7 Å². The van der Waals surface area contributed by atoms with Crippen molar-refractivity contribution in [3.8, 4) is 0 Å². The van der Waals surface area contributed by atoms with Crippen molar-refractivity contribution in [3.05, 3.63) is 0 Å². The van der Waals surface area contributed by atoms with Gasteiger partial charge in [-0.2, -0.15) is 0 Å². The maximum Gasteiger partial charge on any atom is 0.217 e. The summed E-state index contributed by atoms with van der Waals surface area (Å²) in [6.07, 6.45) is 32.0. The van der Waals surface area contributed by atoms with Gasteiger partial charge in [0.2, 0.25) is 10.4 Å². The van der Waals surface area contributed by atoms with Gasteiger partial charge in [-0.1, -0.05) is 129 Å². The minimum Gasteiger partial charge on any atom is -0.726 e. The number of rotatable bonds is 25. The second-order valence-electron chi connectivity index (χ2n) is 11.0. The van der Waals surface area contributed by atoms with Crippen LogP contribution in [0, 0.1) is 0 Å². The van der Waals surface area contributed by atoms with E-state index in [-0.39, 0.29) is 0 Å². The molecule has 0 aliphatic heterocycles. The van der Waals surface area contributed by atoms with E-state index in [1.165, 1.54) is 159 Å². The van der Waals surface area contributed by atoms with E-state index >= 15 is 0 Å². The van der Waals surface area contributed by atoms with E-state index in [2.05, 4.69) is 32.1 Å². The monoisotopic (exact) mass is 521 g/mol. The van der Waals surface area contributed by atoms with Crippen LogP contribution in [0.5, 0.6) is 0 Å². The average Bonchev–Trinajstić information content (AvgIpc) is 2.81. The second-order valence-corrected chi connectivity index (χ2v) is 12.2. The molecule has 0 aliphatic carbocycles. The first kappa shape index (κ1) is 37.0. The third-order valence-electron chi connectivity index (χ3n) is 6.94. The van der Waals surface area contributed by atoms with Crippen LogP contribution in [0.2, 0.25) is 0 Å². The predicted molar refractivity (Wildman–Crippen MR) is 151 cm³/mol. The Morgan fingerprint density at radius 1 is 0.514 bits per heavy atom. The van der Waals surface area contributed by atoms with E-state index < -0.39 is 10.4 Å². The summed E-state index contributed by atoms with van der Waals surface area (Å²) >= 11 is 0. The minimum atomic E-state index is -4.41. The number of quaternary nitrogens is 1. The van der Waals surface area contributed by atoms with Gasteiger partial charge in [0.1, 0.15) is 0 Å². The molecule has 0 atom stereocenters. The van der Waals surface area contributed by atoms with Gasteiger partial charge in [0.15, 0.2) is 0 Å². The van der Waals surface area contributed by atoms with Gasteiger partial charge in [-0.25, -0.2) is 8.42 Å². The van der Waals surface area contributed by atoms with Crippen molar-refractivity contribution in [1.29, 1.82) is 0 Å². The molecule has 0 aromatic carbocycles. The summed E-state index contributed by atoms with van der Waals surface area (Å²) in [6.45, 7) is 7.36.